The van der Waals surface area contributed by atoms with Gasteiger partial charge in [0.15, 0.2) is 0 Å². The molecule has 1 saturated carbocycles. The molecule has 2 rings (SSSR count). The molecule has 0 amide bonds. The average molecular weight is 319 g/mol. The first-order valence-electron chi connectivity index (χ1n) is 11.1. The van der Waals surface area contributed by atoms with Gasteiger partial charge < -0.3 is 0 Å². The van der Waals surface area contributed by atoms with E-state index in [2.05, 4.69) is 13.0 Å². The third-order valence-corrected chi connectivity index (χ3v) is 6.27. The van der Waals surface area contributed by atoms with Crippen molar-refractivity contribution >= 4 is 0 Å². The van der Waals surface area contributed by atoms with E-state index < -0.39 is 0 Å². The lowest BCUT2D eigenvalue weighted by Crippen LogP contribution is -1.97. The van der Waals surface area contributed by atoms with Gasteiger partial charge in [0.05, 0.1) is 0 Å². The Balaban J connectivity index is 1.27. The van der Waals surface area contributed by atoms with Crippen LogP contribution >= 0.6 is 0 Å². The van der Waals surface area contributed by atoms with Gasteiger partial charge in [-0.1, -0.05) is 102 Å². The van der Waals surface area contributed by atoms with E-state index in [1.54, 1.807) is 0 Å². The molecule has 2 bridgehead atoms. The van der Waals surface area contributed by atoms with Gasteiger partial charge in [0, 0.05) is 0 Å². The Hall–Kier alpha value is -0.260. The fraction of sp³-hybridized carbons (Fsp3) is 0.913. The Bertz CT molecular complexity index is 314. The highest BCUT2D eigenvalue weighted by Crippen LogP contribution is 2.45. The Morgan fingerprint density at radius 3 is 1.65 bits per heavy atom. The van der Waals surface area contributed by atoms with Crippen LogP contribution in [-0.4, -0.2) is 0 Å². The summed E-state index contributed by atoms with van der Waals surface area (Å²) >= 11 is 0. The number of hydrogen-bond acceptors (Lipinski definition) is 0. The quantitative estimate of drug-likeness (QED) is 0.211. The van der Waals surface area contributed by atoms with Crippen LogP contribution in [0, 0.1) is 11.8 Å². The molecule has 2 atom stereocenters. The summed E-state index contributed by atoms with van der Waals surface area (Å²) in [5.41, 5.74) is 1.85. The molecule has 0 heteroatoms. The summed E-state index contributed by atoms with van der Waals surface area (Å²) in [5, 5.41) is 0. The second-order valence-corrected chi connectivity index (χ2v) is 8.36. The van der Waals surface area contributed by atoms with Crippen LogP contribution in [0.1, 0.15) is 122 Å². The molecule has 0 nitrogen and oxygen atoms in total. The standard InChI is InChI=1S/C23H42/c1-2-3-4-5-6-7-8-9-10-11-12-13-14-15-16-22-19-21-17-18-23(22)20-21/h19,21,23H,2-18,20H2,1H3. The molecule has 23 heavy (non-hydrogen) atoms. The fourth-order valence-corrected chi connectivity index (χ4v) is 4.75. The molecule has 0 aromatic heterocycles. The average Bonchev–Trinajstić information content (AvgIpc) is 3.18. The maximum Gasteiger partial charge on any atom is -0.0197 e. The first kappa shape index (κ1) is 19.1. The molecule has 2 aliphatic rings. The van der Waals surface area contributed by atoms with Gasteiger partial charge in [0.1, 0.15) is 0 Å². The Morgan fingerprint density at radius 2 is 1.22 bits per heavy atom. The van der Waals surface area contributed by atoms with Crippen molar-refractivity contribution in [2.75, 3.05) is 0 Å². The van der Waals surface area contributed by atoms with E-state index in [1.807, 2.05) is 5.57 Å². The predicted molar refractivity (Wildman–Crippen MR) is 104 cm³/mol. The van der Waals surface area contributed by atoms with Gasteiger partial charge in [0.2, 0.25) is 0 Å². The number of fused-ring (bicyclic) bond motifs is 2. The fourth-order valence-electron chi connectivity index (χ4n) is 4.75. The third kappa shape index (κ3) is 7.90. The molecular weight excluding hydrogens is 276 g/mol. The van der Waals surface area contributed by atoms with Crippen molar-refractivity contribution in [3.63, 3.8) is 0 Å². The number of allylic oxidation sites excluding steroid dienone is 2. The zero-order chi connectivity index (χ0) is 16.2. The summed E-state index contributed by atoms with van der Waals surface area (Å²) in [6, 6.07) is 0. The molecule has 2 aliphatic carbocycles. The van der Waals surface area contributed by atoms with Gasteiger partial charge in [-0.15, -0.1) is 0 Å². The summed E-state index contributed by atoms with van der Waals surface area (Å²) in [5.74, 6) is 2.00. The summed E-state index contributed by atoms with van der Waals surface area (Å²) in [7, 11) is 0. The molecular formula is C23H42. The third-order valence-electron chi connectivity index (χ3n) is 6.27. The van der Waals surface area contributed by atoms with Crippen molar-refractivity contribution in [1.82, 2.24) is 0 Å². The van der Waals surface area contributed by atoms with Gasteiger partial charge in [-0.2, -0.15) is 0 Å². The molecule has 0 aromatic carbocycles. The van der Waals surface area contributed by atoms with E-state index in [1.165, 1.54) is 116 Å². The van der Waals surface area contributed by atoms with E-state index in [9.17, 15) is 0 Å². The highest BCUT2D eigenvalue weighted by Gasteiger charge is 2.31. The van der Waals surface area contributed by atoms with E-state index in [0.29, 0.717) is 0 Å². The van der Waals surface area contributed by atoms with Crippen molar-refractivity contribution < 1.29 is 0 Å². The lowest BCUT2D eigenvalue weighted by Gasteiger charge is -2.12. The smallest absolute Gasteiger partial charge is 0.0197 e. The van der Waals surface area contributed by atoms with Gasteiger partial charge in [-0.25, -0.2) is 0 Å². The normalized spacial score (nSPS) is 22.7. The molecule has 134 valence electrons. The SMILES string of the molecule is CCCCCCCCCCCCCCCCC1=CC2CCC1C2. The molecule has 0 heterocycles. The van der Waals surface area contributed by atoms with Crippen LogP contribution in [0.25, 0.3) is 0 Å². The van der Waals surface area contributed by atoms with Crippen molar-refractivity contribution in [2.24, 2.45) is 11.8 Å². The van der Waals surface area contributed by atoms with Gasteiger partial charge in [0.25, 0.3) is 0 Å². The summed E-state index contributed by atoms with van der Waals surface area (Å²) in [6.45, 7) is 2.30. The van der Waals surface area contributed by atoms with Crippen LogP contribution in [0.2, 0.25) is 0 Å². The predicted octanol–water partition coefficient (Wildman–Crippen LogP) is 8.21. The van der Waals surface area contributed by atoms with Crippen LogP contribution in [0.4, 0.5) is 0 Å². The molecule has 2 unspecified atom stereocenters. The molecule has 0 spiro atoms. The Labute approximate surface area is 146 Å². The molecule has 1 fully saturated rings. The zero-order valence-electron chi connectivity index (χ0n) is 16.0. The van der Waals surface area contributed by atoms with E-state index in [0.717, 1.165) is 11.8 Å². The minimum Gasteiger partial charge on any atom is -0.0819 e. The van der Waals surface area contributed by atoms with Gasteiger partial charge in [-0.05, 0) is 43.9 Å². The van der Waals surface area contributed by atoms with Crippen molar-refractivity contribution in [3.05, 3.63) is 11.6 Å². The zero-order valence-corrected chi connectivity index (χ0v) is 16.0. The van der Waals surface area contributed by atoms with Crippen LogP contribution in [0.3, 0.4) is 0 Å². The maximum absolute atomic E-state index is 2.64. The minimum absolute atomic E-state index is 0.988. The second-order valence-electron chi connectivity index (χ2n) is 8.36. The van der Waals surface area contributed by atoms with Crippen LogP contribution in [0.15, 0.2) is 11.6 Å². The largest absolute Gasteiger partial charge is 0.0819 e. The van der Waals surface area contributed by atoms with Gasteiger partial charge >= 0.3 is 0 Å². The van der Waals surface area contributed by atoms with Crippen LogP contribution < -0.4 is 0 Å². The van der Waals surface area contributed by atoms with Crippen molar-refractivity contribution in [3.8, 4) is 0 Å². The number of hydrogen-bond donors (Lipinski definition) is 0. The first-order valence-corrected chi connectivity index (χ1v) is 11.1. The summed E-state index contributed by atoms with van der Waals surface area (Å²) < 4.78 is 0. The molecule has 0 saturated heterocycles. The molecule has 0 aromatic rings. The van der Waals surface area contributed by atoms with Crippen LogP contribution in [-0.2, 0) is 0 Å². The summed E-state index contributed by atoms with van der Waals surface area (Å²) in [4.78, 5) is 0. The minimum atomic E-state index is 0.988. The first-order chi connectivity index (χ1) is 11.4. The van der Waals surface area contributed by atoms with Crippen LogP contribution in [0.5, 0.6) is 0 Å². The molecule has 0 N–H and O–H groups in total. The highest BCUT2D eigenvalue weighted by atomic mass is 14.4. The van der Waals surface area contributed by atoms with Gasteiger partial charge in [-0.3, -0.25) is 0 Å². The maximum atomic E-state index is 2.64. The van der Waals surface area contributed by atoms with E-state index in [4.69, 9.17) is 0 Å². The lowest BCUT2D eigenvalue weighted by atomic mass is 9.93. The lowest BCUT2D eigenvalue weighted by molar-refractivity contribution is 0.531. The monoisotopic (exact) mass is 318 g/mol. The molecule has 0 aliphatic heterocycles. The number of rotatable bonds is 15. The van der Waals surface area contributed by atoms with E-state index >= 15 is 0 Å². The topological polar surface area (TPSA) is 0 Å². The second kappa shape index (κ2) is 12.2. The number of unbranched alkanes of at least 4 members (excludes halogenated alkanes) is 13. The summed E-state index contributed by atoms with van der Waals surface area (Å²) in [6.07, 6.45) is 29.2. The molecule has 0 radical (unpaired) electrons. The Kier molecular flexibility index (Phi) is 10.1. The highest BCUT2D eigenvalue weighted by molar-refractivity contribution is 5.19. The van der Waals surface area contributed by atoms with Crippen molar-refractivity contribution in [2.45, 2.75) is 122 Å². The van der Waals surface area contributed by atoms with E-state index in [-0.39, 0.29) is 0 Å². The Morgan fingerprint density at radius 1 is 0.696 bits per heavy atom. The van der Waals surface area contributed by atoms with Crippen molar-refractivity contribution in [1.29, 1.82) is 0 Å².